The number of carbonyl (C=O) groups is 1. The summed E-state index contributed by atoms with van der Waals surface area (Å²) in [5, 5.41) is 5.73. The number of hydrazone groups is 1. The average molecular weight is 432 g/mol. The summed E-state index contributed by atoms with van der Waals surface area (Å²) in [6, 6.07) is 14.8. The third-order valence-corrected chi connectivity index (χ3v) is 6.53. The number of halogens is 1. The first-order valence-corrected chi connectivity index (χ1v) is 10.9. The van der Waals surface area contributed by atoms with E-state index in [1.54, 1.807) is 24.3 Å². The maximum absolute atomic E-state index is 13.2. The molecule has 1 amide bonds. The molecule has 0 aliphatic heterocycles. The Bertz CT molecular complexity index is 1090. The van der Waals surface area contributed by atoms with Crippen molar-refractivity contribution < 1.29 is 17.6 Å². The van der Waals surface area contributed by atoms with Crippen LogP contribution in [0.4, 0.5) is 10.1 Å². The fraction of sp³-hybridized carbons (Fsp3) is 0.100. The van der Waals surface area contributed by atoms with Crippen LogP contribution in [0, 0.1) is 12.7 Å². The number of sulfonamides is 1. The summed E-state index contributed by atoms with van der Waals surface area (Å²) in [5.74, 6) is -1.16. The lowest BCUT2D eigenvalue weighted by atomic mass is 10.2. The molecule has 0 atom stereocenters. The predicted octanol–water partition coefficient (Wildman–Crippen LogP) is 3.54. The zero-order valence-corrected chi connectivity index (χ0v) is 17.1. The van der Waals surface area contributed by atoms with Crippen LogP contribution in [-0.2, 0) is 14.8 Å². The van der Waals surface area contributed by atoms with Crippen molar-refractivity contribution in [2.75, 3.05) is 10.8 Å². The Kier molecular flexibility index (Phi) is 6.40. The van der Waals surface area contributed by atoms with Gasteiger partial charge in [-0.1, -0.05) is 23.8 Å². The Morgan fingerprint density at radius 2 is 1.83 bits per heavy atom. The largest absolute Gasteiger partial charge is 0.271 e. The minimum absolute atomic E-state index is 0.116. The van der Waals surface area contributed by atoms with Crippen LogP contribution in [0.15, 0.2) is 76.0 Å². The van der Waals surface area contributed by atoms with E-state index in [0.29, 0.717) is 5.69 Å². The SMILES string of the molecule is Cc1ccc(N(CC(=O)N/N=C/c2cccs2)S(=O)(=O)c2ccc(F)cc2)cc1. The first kappa shape index (κ1) is 20.7. The lowest BCUT2D eigenvalue weighted by Crippen LogP contribution is -2.39. The number of hydrogen-bond acceptors (Lipinski definition) is 5. The maximum atomic E-state index is 13.2. The molecule has 2 aromatic carbocycles. The Labute approximate surface area is 172 Å². The molecule has 0 bridgehead atoms. The molecule has 3 rings (SSSR count). The van der Waals surface area contributed by atoms with Crippen LogP contribution in [0.25, 0.3) is 0 Å². The lowest BCUT2D eigenvalue weighted by Gasteiger charge is -2.23. The summed E-state index contributed by atoms with van der Waals surface area (Å²) in [6.45, 7) is 1.39. The predicted molar refractivity (Wildman–Crippen MR) is 112 cm³/mol. The van der Waals surface area contributed by atoms with E-state index in [9.17, 15) is 17.6 Å². The highest BCUT2D eigenvalue weighted by Crippen LogP contribution is 2.24. The lowest BCUT2D eigenvalue weighted by molar-refractivity contribution is -0.119. The number of amides is 1. The fourth-order valence-corrected chi connectivity index (χ4v) is 4.46. The van der Waals surface area contributed by atoms with Gasteiger partial charge in [0, 0.05) is 4.88 Å². The molecule has 1 aromatic heterocycles. The van der Waals surface area contributed by atoms with Crippen LogP contribution < -0.4 is 9.73 Å². The second kappa shape index (κ2) is 8.97. The molecule has 1 heterocycles. The summed E-state index contributed by atoms with van der Waals surface area (Å²) in [4.78, 5) is 13.1. The van der Waals surface area contributed by atoms with Gasteiger partial charge in [0.25, 0.3) is 15.9 Å². The van der Waals surface area contributed by atoms with Crippen molar-refractivity contribution in [2.24, 2.45) is 5.10 Å². The first-order valence-electron chi connectivity index (χ1n) is 8.56. The summed E-state index contributed by atoms with van der Waals surface area (Å²) >= 11 is 1.45. The number of rotatable bonds is 7. The molecule has 0 saturated heterocycles. The summed E-state index contributed by atoms with van der Waals surface area (Å²) < 4.78 is 40.4. The molecule has 3 aromatic rings. The van der Waals surface area contributed by atoms with Gasteiger partial charge in [-0.15, -0.1) is 11.3 Å². The van der Waals surface area contributed by atoms with Gasteiger partial charge in [-0.2, -0.15) is 5.10 Å². The minimum atomic E-state index is -4.09. The average Bonchev–Trinajstić information content (AvgIpc) is 3.21. The Balaban J connectivity index is 1.85. The van der Waals surface area contributed by atoms with E-state index in [4.69, 9.17) is 0 Å². The molecule has 0 fully saturated rings. The number of anilines is 1. The number of carbonyl (C=O) groups excluding carboxylic acids is 1. The van der Waals surface area contributed by atoms with E-state index in [1.165, 1.54) is 29.7 Å². The van der Waals surface area contributed by atoms with Crippen molar-refractivity contribution >= 4 is 39.2 Å². The molecular formula is C20H18FN3O3S2. The van der Waals surface area contributed by atoms with Crippen LogP contribution in [0.2, 0.25) is 0 Å². The third-order valence-electron chi connectivity index (χ3n) is 3.94. The Morgan fingerprint density at radius 1 is 1.14 bits per heavy atom. The van der Waals surface area contributed by atoms with Crippen molar-refractivity contribution in [3.63, 3.8) is 0 Å². The van der Waals surface area contributed by atoms with Gasteiger partial charge in [0.05, 0.1) is 16.8 Å². The smallest absolute Gasteiger partial charge is 0.264 e. The number of thiophene rings is 1. The molecule has 0 saturated carbocycles. The van der Waals surface area contributed by atoms with Crippen LogP contribution in [-0.4, -0.2) is 27.1 Å². The second-order valence-corrected chi connectivity index (χ2v) is 8.95. The van der Waals surface area contributed by atoms with Crippen molar-refractivity contribution in [2.45, 2.75) is 11.8 Å². The van der Waals surface area contributed by atoms with Gasteiger partial charge in [-0.3, -0.25) is 9.10 Å². The van der Waals surface area contributed by atoms with E-state index in [0.717, 1.165) is 26.9 Å². The van der Waals surface area contributed by atoms with Gasteiger partial charge < -0.3 is 0 Å². The van der Waals surface area contributed by atoms with Gasteiger partial charge in [-0.05, 0) is 54.8 Å². The second-order valence-electron chi connectivity index (χ2n) is 6.11. The number of aryl methyl sites for hydroxylation is 1. The van der Waals surface area contributed by atoms with Gasteiger partial charge >= 0.3 is 0 Å². The first-order chi connectivity index (χ1) is 13.9. The molecule has 1 N–H and O–H groups in total. The van der Waals surface area contributed by atoms with E-state index in [1.807, 2.05) is 24.4 Å². The molecule has 0 unspecified atom stereocenters. The highest BCUT2D eigenvalue weighted by molar-refractivity contribution is 7.92. The highest BCUT2D eigenvalue weighted by Gasteiger charge is 2.27. The molecule has 9 heteroatoms. The molecule has 0 spiro atoms. The highest BCUT2D eigenvalue weighted by atomic mass is 32.2. The zero-order valence-electron chi connectivity index (χ0n) is 15.4. The van der Waals surface area contributed by atoms with Crippen molar-refractivity contribution in [3.05, 3.63) is 82.3 Å². The normalized spacial score (nSPS) is 11.5. The quantitative estimate of drug-likeness (QED) is 0.459. The minimum Gasteiger partial charge on any atom is -0.271 e. The van der Waals surface area contributed by atoms with Crippen LogP contribution in [0.1, 0.15) is 10.4 Å². The van der Waals surface area contributed by atoms with Crippen LogP contribution in [0.5, 0.6) is 0 Å². The molecule has 6 nitrogen and oxygen atoms in total. The summed E-state index contributed by atoms with van der Waals surface area (Å²) in [6.07, 6.45) is 1.48. The van der Waals surface area contributed by atoms with Crippen molar-refractivity contribution in [1.82, 2.24) is 5.43 Å². The van der Waals surface area contributed by atoms with Gasteiger partial charge in [-0.25, -0.2) is 18.2 Å². The van der Waals surface area contributed by atoms with Gasteiger partial charge in [0.1, 0.15) is 12.4 Å². The van der Waals surface area contributed by atoms with Crippen LogP contribution in [0.3, 0.4) is 0 Å². The zero-order chi connectivity index (χ0) is 20.9. The molecule has 29 heavy (non-hydrogen) atoms. The van der Waals surface area contributed by atoms with E-state index in [2.05, 4.69) is 10.5 Å². The Morgan fingerprint density at radius 3 is 2.45 bits per heavy atom. The number of nitrogens with one attached hydrogen (secondary N) is 1. The summed E-state index contributed by atoms with van der Waals surface area (Å²) in [5.41, 5.74) is 3.60. The fourth-order valence-electron chi connectivity index (χ4n) is 2.46. The summed E-state index contributed by atoms with van der Waals surface area (Å²) in [7, 11) is -4.09. The van der Waals surface area contributed by atoms with E-state index >= 15 is 0 Å². The van der Waals surface area contributed by atoms with Crippen molar-refractivity contribution in [1.29, 1.82) is 0 Å². The van der Waals surface area contributed by atoms with E-state index < -0.39 is 28.3 Å². The van der Waals surface area contributed by atoms with Gasteiger partial charge in [0.15, 0.2) is 0 Å². The van der Waals surface area contributed by atoms with E-state index in [-0.39, 0.29) is 4.90 Å². The molecule has 0 radical (unpaired) electrons. The third kappa shape index (κ3) is 5.27. The van der Waals surface area contributed by atoms with Gasteiger partial charge in [0.2, 0.25) is 0 Å². The topological polar surface area (TPSA) is 78.8 Å². The molecule has 150 valence electrons. The number of nitrogens with zero attached hydrogens (tertiary/aromatic N) is 2. The monoisotopic (exact) mass is 431 g/mol. The number of hydrogen-bond donors (Lipinski definition) is 1. The number of benzene rings is 2. The molecular weight excluding hydrogens is 413 g/mol. The Hall–Kier alpha value is -3.04. The molecule has 0 aliphatic carbocycles. The molecule has 0 aliphatic rings. The standard InChI is InChI=1S/C20H18FN3O3S2/c1-15-4-8-17(9-5-15)24(29(26,27)19-10-6-16(21)7-11-19)14-20(25)23-22-13-18-3-2-12-28-18/h2-13H,14H2,1H3,(H,23,25)/b22-13+. The maximum Gasteiger partial charge on any atom is 0.264 e. The van der Waals surface area contributed by atoms with Crippen LogP contribution >= 0.6 is 11.3 Å². The van der Waals surface area contributed by atoms with Crippen molar-refractivity contribution in [3.8, 4) is 0 Å².